The van der Waals surface area contributed by atoms with Crippen LogP contribution in [0.5, 0.6) is 0 Å². The Hall–Kier alpha value is -0.440. The maximum absolute atomic E-state index is 13.4. The first-order valence-electron chi connectivity index (χ1n) is 6.99. The molecule has 0 aromatic heterocycles. The van der Waals surface area contributed by atoms with Crippen LogP contribution in [0.2, 0.25) is 5.02 Å². The highest BCUT2D eigenvalue weighted by Crippen LogP contribution is 2.25. The van der Waals surface area contributed by atoms with E-state index in [-0.39, 0.29) is 34.4 Å². The van der Waals surface area contributed by atoms with Crippen molar-refractivity contribution in [1.29, 1.82) is 0 Å². The van der Waals surface area contributed by atoms with Gasteiger partial charge in [-0.25, -0.2) is 17.5 Å². The Labute approximate surface area is 147 Å². The predicted octanol–water partition coefficient (Wildman–Crippen LogP) is 2.26. The molecule has 0 bridgehead atoms. The van der Waals surface area contributed by atoms with Crippen LogP contribution in [0.15, 0.2) is 17.0 Å². The van der Waals surface area contributed by atoms with Gasteiger partial charge in [0, 0.05) is 13.7 Å². The lowest BCUT2D eigenvalue weighted by Gasteiger charge is -2.29. The summed E-state index contributed by atoms with van der Waals surface area (Å²) in [6, 6.07) is 2.26. The van der Waals surface area contributed by atoms with Crippen molar-refractivity contribution in [2.75, 3.05) is 26.8 Å². The van der Waals surface area contributed by atoms with E-state index >= 15 is 0 Å². The van der Waals surface area contributed by atoms with Crippen molar-refractivity contribution in [1.82, 2.24) is 10.0 Å². The molecule has 2 rings (SSSR count). The Balaban J connectivity index is 0.00000264. The lowest BCUT2D eigenvalue weighted by molar-refractivity contribution is 0.122. The molecule has 1 aliphatic heterocycles. The number of aryl methyl sites for hydroxylation is 1. The van der Waals surface area contributed by atoms with Crippen molar-refractivity contribution in [3.8, 4) is 0 Å². The molecule has 1 aromatic rings. The highest BCUT2D eigenvalue weighted by atomic mass is 35.5. The van der Waals surface area contributed by atoms with Crippen LogP contribution in [0, 0.1) is 12.7 Å². The molecule has 2 N–H and O–H groups in total. The van der Waals surface area contributed by atoms with E-state index in [2.05, 4.69) is 10.0 Å². The summed E-state index contributed by atoms with van der Waals surface area (Å²) in [5.41, 5.74) is -0.181. The van der Waals surface area contributed by atoms with Crippen LogP contribution in [0.3, 0.4) is 0 Å². The molecule has 1 aliphatic rings. The Kier molecular flexibility index (Phi) is 7.25. The van der Waals surface area contributed by atoms with Gasteiger partial charge in [0.25, 0.3) is 0 Å². The van der Waals surface area contributed by atoms with E-state index in [1.807, 2.05) is 0 Å². The number of nitrogens with one attached hydrogen (secondary N) is 2. The summed E-state index contributed by atoms with van der Waals surface area (Å²) < 4.78 is 46.0. The molecular weight excluding hydrogens is 366 g/mol. The first-order valence-corrected chi connectivity index (χ1v) is 8.85. The SMILES string of the molecule is COCC1(CNS(=O)(=O)c2cc(C)c(F)cc2Cl)CCCN1.Cl. The largest absolute Gasteiger partial charge is 0.383 e. The van der Waals surface area contributed by atoms with Crippen LogP contribution in [-0.2, 0) is 14.8 Å². The van der Waals surface area contributed by atoms with E-state index in [0.29, 0.717) is 6.61 Å². The van der Waals surface area contributed by atoms with E-state index in [0.717, 1.165) is 25.5 Å². The third-order valence-corrected chi connectivity index (χ3v) is 5.72. The number of ether oxygens (including phenoxy) is 1. The average molecular weight is 387 g/mol. The number of hydrogen-bond donors (Lipinski definition) is 2. The first kappa shape index (κ1) is 20.6. The van der Waals surface area contributed by atoms with Gasteiger partial charge in [0.1, 0.15) is 10.7 Å². The number of benzene rings is 1. The van der Waals surface area contributed by atoms with Crippen LogP contribution < -0.4 is 10.0 Å². The molecule has 0 saturated carbocycles. The van der Waals surface area contributed by atoms with Crippen molar-refractivity contribution >= 4 is 34.0 Å². The van der Waals surface area contributed by atoms with Gasteiger partial charge in [-0.3, -0.25) is 0 Å². The van der Waals surface area contributed by atoms with Crippen LogP contribution >= 0.6 is 24.0 Å². The molecule has 0 radical (unpaired) electrons. The van der Waals surface area contributed by atoms with E-state index in [4.69, 9.17) is 16.3 Å². The number of hydrogen-bond acceptors (Lipinski definition) is 4. The fourth-order valence-corrected chi connectivity index (χ4v) is 4.34. The monoisotopic (exact) mass is 386 g/mol. The van der Waals surface area contributed by atoms with Crippen molar-refractivity contribution in [2.45, 2.75) is 30.2 Å². The zero-order valence-corrected chi connectivity index (χ0v) is 15.4. The molecule has 23 heavy (non-hydrogen) atoms. The fourth-order valence-electron chi connectivity index (χ4n) is 2.62. The summed E-state index contributed by atoms with van der Waals surface area (Å²) in [6.45, 7) is 2.92. The second-order valence-electron chi connectivity index (χ2n) is 5.60. The zero-order valence-electron chi connectivity index (χ0n) is 13.0. The molecule has 132 valence electrons. The minimum Gasteiger partial charge on any atom is -0.383 e. The van der Waals surface area contributed by atoms with Crippen LogP contribution in [0.4, 0.5) is 4.39 Å². The number of halogens is 3. The van der Waals surface area contributed by atoms with Gasteiger partial charge >= 0.3 is 0 Å². The summed E-state index contributed by atoms with van der Waals surface area (Å²) in [5, 5.41) is 3.16. The molecule has 1 unspecified atom stereocenters. The first-order chi connectivity index (χ1) is 10.3. The molecule has 1 heterocycles. The third-order valence-electron chi connectivity index (χ3n) is 3.86. The van der Waals surface area contributed by atoms with Gasteiger partial charge in [0.15, 0.2) is 0 Å². The van der Waals surface area contributed by atoms with E-state index < -0.39 is 21.4 Å². The highest BCUT2D eigenvalue weighted by Gasteiger charge is 2.35. The highest BCUT2D eigenvalue weighted by molar-refractivity contribution is 7.89. The van der Waals surface area contributed by atoms with Gasteiger partial charge in [0.05, 0.1) is 17.2 Å². The summed E-state index contributed by atoms with van der Waals surface area (Å²) >= 11 is 5.88. The Morgan fingerprint density at radius 1 is 1.48 bits per heavy atom. The Morgan fingerprint density at radius 3 is 2.74 bits per heavy atom. The molecule has 1 atom stereocenters. The molecule has 0 spiro atoms. The summed E-state index contributed by atoms with van der Waals surface area (Å²) in [7, 11) is -2.24. The predicted molar refractivity (Wildman–Crippen MR) is 90.4 cm³/mol. The molecule has 1 fully saturated rings. The summed E-state index contributed by atoms with van der Waals surface area (Å²) in [5.74, 6) is -0.530. The molecular formula is C14H21Cl2FN2O3S. The maximum atomic E-state index is 13.4. The van der Waals surface area contributed by atoms with Gasteiger partial charge in [-0.15, -0.1) is 12.4 Å². The van der Waals surface area contributed by atoms with Gasteiger partial charge in [-0.2, -0.15) is 0 Å². The number of sulfonamides is 1. The quantitative estimate of drug-likeness (QED) is 0.786. The lowest BCUT2D eigenvalue weighted by Crippen LogP contribution is -2.52. The smallest absolute Gasteiger partial charge is 0.242 e. The van der Waals surface area contributed by atoms with Crippen molar-refractivity contribution in [3.63, 3.8) is 0 Å². The summed E-state index contributed by atoms with van der Waals surface area (Å²) in [4.78, 5) is -0.112. The Bertz CT molecular complexity index is 650. The maximum Gasteiger partial charge on any atom is 0.242 e. The van der Waals surface area contributed by atoms with E-state index in [1.54, 1.807) is 7.11 Å². The third kappa shape index (κ3) is 4.78. The van der Waals surface area contributed by atoms with Gasteiger partial charge in [-0.1, -0.05) is 11.6 Å². The normalized spacial score (nSPS) is 21.2. The number of rotatable bonds is 6. The minimum absolute atomic E-state index is 0. The van der Waals surface area contributed by atoms with Gasteiger partial charge in [0.2, 0.25) is 10.0 Å². The summed E-state index contributed by atoms with van der Waals surface area (Å²) in [6.07, 6.45) is 1.78. The van der Waals surface area contributed by atoms with Gasteiger partial charge in [-0.05, 0) is 44.0 Å². The van der Waals surface area contributed by atoms with Crippen molar-refractivity contribution in [3.05, 3.63) is 28.5 Å². The Morgan fingerprint density at radius 2 is 2.17 bits per heavy atom. The lowest BCUT2D eigenvalue weighted by atomic mass is 9.99. The molecule has 9 heteroatoms. The average Bonchev–Trinajstić information content (AvgIpc) is 2.90. The standard InChI is InChI=1S/C14H20ClFN2O3S.ClH/c1-10-6-13(11(15)7-12(10)16)22(19,20)18-8-14(9-21-2)4-3-5-17-14;/h6-7,17-18H,3-5,8-9H2,1-2H3;1H. The molecule has 0 aliphatic carbocycles. The molecule has 0 amide bonds. The zero-order chi connectivity index (χ0) is 16.4. The second kappa shape index (κ2) is 8.09. The molecule has 1 saturated heterocycles. The second-order valence-corrected chi connectivity index (χ2v) is 7.74. The molecule has 1 aromatic carbocycles. The molecule has 5 nitrogen and oxygen atoms in total. The van der Waals surface area contributed by atoms with Crippen molar-refractivity contribution in [2.24, 2.45) is 0 Å². The number of methoxy groups -OCH3 is 1. The topological polar surface area (TPSA) is 67.4 Å². The fraction of sp³-hybridized carbons (Fsp3) is 0.571. The van der Waals surface area contributed by atoms with Crippen LogP contribution in [0.1, 0.15) is 18.4 Å². The van der Waals surface area contributed by atoms with E-state index in [9.17, 15) is 12.8 Å². The van der Waals surface area contributed by atoms with Crippen LogP contribution in [-0.4, -0.2) is 40.8 Å². The van der Waals surface area contributed by atoms with Gasteiger partial charge < -0.3 is 10.1 Å². The van der Waals surface area contributed by atoms with Crippen LogP contribution in [0.25, 0.3) is 0 Å². The van der Waals surface area contributed by atoms with E-state index in [1.165, 1.54) is 13.0 Å². The van der Waals surface area contributed by atoms with Crippen molar-refractivity contribution < 1.29 is 17.5 Å². The minimum atomic E-state index is -3.82.